The van der Waals surface area contributed by atoms with Crippen LogP contribution in [0.15, 0.2) is 47.1 Å². The van der Waals surface area contributed by atoms with E-state index in [1.54, 1.807) is 39.0 Å². The second kappa shape index (κ2) is 10.1. The lowest BCUT2D eigenvalue weighted by molar-refractivity contribution is -0.153. The number of rotatable bonds is 5. The summed E-state index contributed by atoms with van der Waals surface area (Å²) in [5.74, 6) is -2.99. The highest BCUT2D eigenvalue weighted by molar-refractivity contribution is 6.03. The van der Waals surface area contributed by atoms with Gasteiger partial charge in [0.2, 0.25) is 11.7 Å². The van der Waals surface area contributed by atoms with E-state index >= 15 is 0 Å². The number of amides is 2. The van der Waals surface area contributed by atoms with E-state index in [0.717, 1.165) is 0 Å². The van der Waals surface area contributed by atoms with Crippen LogP contribution in [-0.2, 0) is 10.9 Å². The maximum absolute atomic E-state index is 13.5. The van der Waals surface area contributed by atoms with Gasteiger partial charge in [0.05, 0.1) is 24.6 Å². The van der Waals surface area contributed by atoms with Crippen LogP contribution in [0.2, 0.25) is 0 Å². The molecule has 1 aliphatic rings. The molecule has 1 saturated heterocycles. The molecular formula is C24H24F3N5O5. The highest BCUT2D eigenvalue weighted by Crippen LogP contribution is 2.35. The van der Waals surface area contributed by atoms with Crippen molar-refractivity contribution >= 4 is 17.7 Å². The van der Waals surface area contributed by atoms with Gasteiger partial charge in [0.1, 0.15) is 11.7 Å². The van der Waals surface area contributed by atoms with Gasteiger partial charge in [-0.25, -0.2) is 19.7 Å². The molecule has 3 heterocycles. The zero-order valence-electron chi connectivity index (χ0n) is 20.2. The van der Waals surface area contributed by atoms with Gasteiger partial charge in [0.25, 0.3) is 5.91 Å². The van der Waals surface area contributed by atoms with Crippen LogP contribution in [0.25, 0.3) is 11.5 Å². The van der Waals surface area contributed by atoms with Crippen LogP contribution in [0.1, 0.15) is 43.4 Å². The van der Waals surface area contributed by atoms with Gasteiger partial charge in [-0.1, -0.05) is 18.2 Å². The van der Waals surface area contributed by atoms with Crippen molar-refractivity contribution in [3.8, 4) is 17.5 Å². The van der Waals surface area contributed by atoms with Gasteiger partial charge >= 0.3 is 18.3 Å². The normalized spacial score (nSPS) is 15.9. The predicted molar refractivity (Wildman–Crippen MR) is 124 cm³/mol. The summed E-state index contributed by atoms with van der Waals surface area (Å²) in [6, 6.07) is 7.90. The molecule has 0 unspecified atom stereocenters. The van der Waals surface area contributed by atoms with E-state index < -0.39 is 35.2 Å². The Hall–Kier alpha value is -4.16. The molecule has 1 aromatic carbocycles. The minimum atomic E-state index is -4.94. The first-order valence-corrected chi connectivity index (χ1v) is 11.3. The van der Waals surface area contributed by atoms with E-state index in [2.05, 4.69) is 20.3 Å². The number of nitrogens with zero attached hydrogens (tertiary/aromatic N) is 4. The average Bonchev–Trinajstić information content (AvgIpc) is 3.48. The number of nitrogens with one attached hydrogen (secondary N) is 1. The summed E-state index contributed by atoms with van der Waals surface area (Å²) >= 11 is 0. The van der Waals surface area contributed by atoms with Gasteiger partial charge in [0, 0.05) is 18.5 Å². The summed E-state index contributed by atoms with van der Waals surface area (Å²) in [6.07, 6.45) is -2.83. The van der Waals surface area contributed by atoms with Crippen LogP contribution >= 0.6 is 0 Å². The van der Waals surface area contributed by atoms with Gasteiger partial charge in [-0.05, 0) is 32.9 Å². The number of alkyl halides is 3. The fourth-order valence-electron chi connectivity index (χ4n) is 3.47. The molecule has 0 spiro atoms. The Morgan fingerprint density at radius 1 is 1.11 bits per heavy atom. The molecule has 196 valence electrons. The summed E-state index contributed by atoms with van der Waals surface area (Å²) in [7, 11) is 0. The van der Waals surface area contributed by atoms with Gasteiger partial charge in [-0.15, -0.1) is 0 Å². The van der Waals surface area contributed by atoms with E-state index in [1.165, 1.54) is 29.4 Å². The molecule has 0 saturated carbocycles. The summed E-state index contributed by atoms with van der Waals surface area (Å²) in [4.78, 5) is 38.1. The number of ether oxygens (including phenoxy) is 2. The van der Waals surface area contributed by atoms with E-state index in [-0.39, 0.29) is 35.8 Å². The predicted octanol–water partition coefficient (Wildman–Crippen LogP) is 4.79. The molecule has 0 aliphatic carbocycles. The first kappa shape index (κ1) is 25.9. The second-order valence-corrected chi connectivity index (χ2v) is 9.22. The number of benzene rings is 1. The van der Waals surface area contributed by atoms with Crippen molar-refractivity contribution in [2.24, 2.45) is 0 Å². The SMILES string of the molecule is CC(C)(C)OC(=O)N1CC[C@H](Oc2ncc(NC(=O)c3nc(-c4ccccc4)oc3C(F)(F)F)cn2)C1. The molecule has 2 amide bonds. The fraction of sp³-hybridized carbons (Fsp3) is 0.375. The number of anilines is 1. The number of hydrogen-bond acceptors (Lipinski definition) is 8. The van der Waals surface area contributed by atoms with Crippen molar-refractivity contribution in [3.05, 3.63) is 54.2 Å². The second-order valence-electron chi connectivity index (χ2n) is 9.22. The lowest BCUT2D eigenvalue weighted by Gasteiger charge is -2.24. The third-order valence-corrected chi connectivity index (χ3v) is 5.08. The topological polar surface area (TPSA) is 120 Å². The number of halogens is 3. The van der Waals surface area contributed by atoms with Crippen LogP contribution in [-0.4, -0.2) is 56.6 Å². The maximum Gasteiger partial charge on any atom is 0.452 e. The lowest BCUT2D eigenvalue weighted by atomic mass is 10.2. The van der Waals surface area contributed by atoms with Crippen LogP contribution in [0.5, 0.6) is 6.01 Å². The molecule has 2 aromatic heterocycles. The average molecular weight is 519 g/mol. The van der Waals surface area contributed by atoms with Crippen LogP contribution in [0, 0.1) is 0 Å². The van der Waals surface area contributed by atoms with Gasteiger partial charge in [-0.2, -0.15) is 13.2 Å². The number of likely N-dealkylation sites (tertiary alicyclic amines) is 1. The van der Waals surface area contributed by atoms with E-state index in [0.29, 0.717) is 13.0 Å². The molecule has 3 aromatic rings. The monoisotopic (exact) mass is 519 g/mol. The fourth-order valence-corrected chi connectivity index (χ4v) is 3.47. The number of carbonyl (C=O) groups is 2. The third-order valence-electron chi connectivity index (χ3n) is 5.08. The molecule has 1 atom stereocenters. The van der Waals surface area contributed by atoms with Gasteiger partial charge in [-0.3, -0.25) is 4.79 Å². The lowest BCUT2D eigenvalue weighted by Crippen LogP contribution is -2.36. The number of aromatic nitrogens is 3. The van der Waals surface area contributed by atoms with Gasteiger partial charge < -0.3 is 24.1 Å². The molecular weight excluding hydrogens is 495 g/mol. The molecule has 37 heavy (non-hydrogen) atoms. The summed E-state index contributed by atoms with van der Waals surface area (Å²) < 4.78 is 56.4. The molecule has 13 heteroatoms. The largest absolute Gasteiger partial charge is 0.458 e. The Balaban J connectivity index is 1.40. The minimum absolute atomic E-state index is 0.0159. The first-order chi connectivity index (χ1) is 17.4. The van der Waals surface area contributed by atoms with Crippen molar-refractivity contribution in [1.82, 2.24) is 19.9 Å². The van der Waals surface area contributed by atoms with Crippen LogP contribution in [0.4, 0.5) is 23.7 Å². The zero-order chi connectivity index (χ0) is 26.8. The molecule has 1 fully saturated rings. The Morgan fingerprint density at radius 3 is 2.41 bits per heavy atom. The standard InChI is InChI=1S/C24H24F3N5O5/c1-23(2,3)37-22(34)32-10-9-16(13-32)35-21-28-11-15(12-29-21)30-19(33)17-18(24(25,26)27)36-20(31-17)14-7-5-4-6-8-14/h4-8,11-12,16H,9-10,13H2,1-3H3,(H,30,33)/t16-/m0/s1. The van der Waals surface area contributed by atoms with Crippen molar-refractivity contribution in [3.63, 3.8) is 0 Å². The van der Waals surface area contributed by atoms with Crippen molar-refractivity contribution in [2.45, 2.75) is 45.1 Å². The first-order valence-electron chi connectivity index (χ1n) is 11.3. The number of carbonyl (C=O) groups excluding carboxylic acids is 2. The Labute approximate surface area is 209 Å². The molecule has 1 aliphatic heterocycles. The molecule has 10 nitrogen and oxygen atoms in total. The Kier molecular flexibility index (Phi) is 7.05. The number of hydrogen-bond donors (Lipinski definition) is 1. The van der Waals surface area contributed by atoms with Gasteiger partial charge in [0.15, 0.2) is 5.69 Å². The molecule has 0 bridgehead atoms. The molecule has 1 N–H and O–H groups in total. The summed E-state index contributed by atoms with van der Waals surface area (Å²) in [5, 5.41) is 2.29. The zero-order valence-corrected chi connectivity index (χ0v) is 20.2. The maximum atomic E-state index is 13.5. The summed E-state index contributed by atoms with van der Waals surface area (Å²) in [6.45, 7) is 6.05. The van der Waals surface area contributed by atoms with Crippen molar-refractivity contribution in [1.29, 1.82) is 0 Å². The third kappa shape index (κ3) is 6.54. The Bertz CT molecular complexity index is 1260. The Morgan fingerprint density at radius 2 is 1.78 bits per heavy atom. The van der Waals surface area contributed by atoms with E-state index in [4.69, 9.17) is 13.9 Å². The smallest absolute Gasteiger partial charge is 0.452 e. The van der Waals surface area contributed by atoms with Crippen molar-refractivity contribution in [2.75, 3.05) is 18.4 Å². The summed E-state index contributed by atoms with van der Waals surface area (Å²) in [5.41, 5.74) is -1.22. The minimum Gasteiger partial charge on any atom is -0.458 e. The van der Waals surface area contributed by atoms with Crippen LogP contribution < -0.4 is 10.1 Å². The van der Waals surface area contributed by atoms with Crippen LogP contribution in [0.3, 0.4) is 0 Å². The quantitative estimate of drug-likeness (QED) is 0.511. The molecule has 0 radical (unpaired) electrons. The molecule has 4 rings (SSSR count). The highest BCUT2D eigenvalue weighted by atomic mass is 19.4. The van der Waals surface area contributed by atoms with E-state index in [9.17, 15) is 22.8 Å². The van der Waals surface area contributed by atoms with E-state index in [1.807, 2.05) is 0 Å². The number of oxazole rings is 1. The highest BCUT2D eigenvalue weighted by Gasteiger charge is 2.42. The van der Waals surface area contributed by atoms with Crippen molar-refractivity contribution < 1.29 is 36.7 Å².